The number of thiocarbonyl (C=S) groups is 1. The molecule has 4 N–H and O–H groups in total. The number of imidazole rings is 1. The predicted molar refractivity (Wildman–Crippen MR) is 91.2 cm³/mol. The molecule has 0 aliphatic heterocycles. The maximum Gasteiger partial charge on any atom is 0.265 e. The van der Waals surface area contributed by atoms with Crippen LogP contribution in [0.1, 0.15) is 11.1 Å². The van der Waals surface area contributed by atoms with Gasteiger partial charge in [-0.25, -0.2) is 4.98 Å². The third kappa shape index (κ3) is 2.33. The summed E-state index contributed by atoms with van der Waals surface area (Å²) in [6.07, 6.45) is 1.44. The number of nitrogens with one attached hydrogen (secondary N) is 2. The summed E-state index contributed by atoms with van der Waals surface area (Å²) >= 11 is 4.69. The van der Waals surface area contributed by atoms with Gasteiger partial charge in [0, 0.05) is 6.20 Å². The number of nitrogens with two attached hydrogens (primary N) is 1. The Kier molecular flexibility index (Phi) is 3.56. The van der Waals surface area contributed by atoms with Crippen LogP contribution in [0.4, 0.5) is 0 Å². The highest BCUT2D eigenvalue weighted by atomic mass is 32.1. The van der Waals surface area contributed by atoms with Crippen molar-refractivity contribution >= 4 is 40.2 Å². The summed E-state index contributed by atoms with van der Waals surface area (Å²) in [5.41, 5.74) is 12.8. The number of rotatable bonds is 2. The third-order valence-electron chi connectivity index (χ3n) is 3.52. The lowest BCUT2D eigenvalue weighted by Crippen LogP contribution is -2.42. The second-order valence-corrected chi connectivity index (χ2v) is 5.31. The molecule has 0 amide bonds. The zero-order chi connectivity index (χ0) is 16.6. The van der Waals surface area contributed by atoms with Gasteiger partial charge in [0.05, 0.1) is 21.8 Å². The number of nitrogens with zero attached hydrogens (tertiary/aromatic N) is 3. The number of hydrazine groups is 1. The summed E-state index contributed by atoms with van der Waals surface area (Å²) in [6.45, 7) is 1.70. The molecule has 2 aromatic heterocycles. The zero-order valence-electron chi connectivity index (χ0n) is 12.1. The maximum atomic E-state index is 12.8. The van der Waals surface area contributed by atoms with Crippen molar-refractivity contribution in [3.8, 4) is 6.07 Å². The van der Waals surface area contributed by atoms with Gasteiger partial charge in [-0.2, -0.15) is 5.26 Å². The normalized spacial score (nSPS) is 11.6. The van der Waals surface area contributed by atoms with Gasteiger partial charge in [-0.05, 0) is 36.8 Å². The van der Waals surface area contributed by atoms with E-state index in [4.69, 9.17) is 18.0 Å². The van der Waals surface area contributed by atoms with Crippen LogP contribution >= 0.6 is 12.2 Å². The average Bonchev–Trinajstić information content (AvgIpc) is 2.90. The molecule has 3 aromatic rings. The van der Waals surface area contributed by atoms with E-state index in [0.717, 1.165) is 0 Å². The van der Waals surface area contributed by atoms with E-state index < -0.39 is 0 Å². The predicted octanol–water partition coefficient (Wildman–Crippen LogP) is -0.178. The standard InChI is InChI=1S/C15H12N6OS/c1-8-9(6-16)13-19-11-4-2-3-5-12(11)21(13)14(22)10(8)7-18-20-15(17)23/h2-5,7,18H,1H3,(H3,17,20,23). The van der Waals surface area contributed by atoms with Crippen molar-refractivity contribution in [3.63, 3.8) is 0 Å². The highest BCUT2D eigenvalue weighted by molar-refractivity contribution is 7.80. The van der Waals surface area contributed by atoms with Crippen molar-refractivity contribution in [1.82, 2.24) is 20.2 Å². The third-order valence-corrected chi connectivity index (χ3v) is 3.62. The minimum Gasteiger partial charge on any atom is -0.375 e. The van der Waals surface area contributed by atoms with Crippen LogP contribution in [0.5, 0.6) is 0 Å². The number of nitriles is 1. The number of para-hydroxylation sites is 2. The molecule has 3 rings (SSSR count). The van der Waals surface area contributed by atoms with Crippen molar-refractivity contribution in [2.45, 2.75) is 6.92 Å². The summed E-state index contributed by atoms with van der Waals surface area (Å²) in [7, 11) is 0. The van der Waals surface area contributed by atoms with Gasteiger partial charge in [-0.3, -0.25) is 14.6 Å². The molecule has 0 unspecified atom stereocenters. The van der Waals surface area contributed by atoms with Crippen LogP contribution in [0, 0.1) is 18.3 Å². The minimum absolute atomic E-state index is 0.0426. The van der Waals surface area contributed by atoms with Crippen LogP contribution < -0.4 is 27.4 Å². The van der Waals surface area contributed by atoms with Crippen molar-refractivity contribution in [2.75, 3.05) is 0 Å². The number of aromatic nitrogens is 2. The van der Waals surface area contributed by atoms with Crippen LogP contribution in [0.3, 0.4) is 0 Å². The van der Waals surface area contributed by atoms with Crippen molar-refractivity contribution < 1.29 is 0 Å². The Hall–Kier alpha value is -3.18. The summed E-state index contributed by atoms with van der Waals surface area (Å²) < 4.78 is 1.44. The van der Waals surface area contributed by atoms with Crippen LogP contribution in [0.25, 0.3) is 22.9 Å². The van der Waals surface area contributed by atoms with Crippen LogP contribution in [0.2, 0.25) is 0 Å². The molecular formula is C15H12N6OS. The first kappa shape index (κ1) is 14.7. The molecule has 1 aromatic carbocycles. The van der Waals surface area contributed by atoms with Gasteiger partial charge < -0.3 is 11.2 Å². The monoisotopic (exact) mass is 324 g/mol. The first-order valence-electron chi connectivity index (χ1n) is 6.69. The highest BCUT2D eigenvalue weighted by Crippen LogP contribution is 2.17. The second-order valence-electron chi connectivity index (χ2n) is 4.87. The SMILES string of the molecule is Cc1c(C#N)c2nc3ccccc3n2c(=O)c1=CNNC(N)=S. The molecular weight excluding hydrogens is 312 g/mol. The Morgan fingerprint density at radius 1 is 1.48 bits per heavy atom. The maximum absolute atomic E-state index is 12.8. The van der Waals surface area contributed by atoms with Gasteiger partial charge in [-0.1, -0.05) is 12.1 Å². The fourth-order valence-corrected chi connectivity index (χ4v) is 2.52. The molecule has 2 heterocycles. The molecule has 114 valence electrons. The van der Waals surface area contributed by atoms with Gasteiger partial charge in [-0.15, -0.1) is 0 Å². The zero-order valence-corrected chi connectivity index (χ0v) is 12.9. The number of hydrogen-bond donors (Lipinski definition) is 3. The van der Waals surface area contributed by atoms with E-state index >= 15 is 0 Å². The minimum atomic E-state index is -0.276. The Balaban J connectivity index is 2.42. The van der Waals surface area contributed by atoms with E-state index in [-0.39, 0.29) is 10.7 Å². The number of hydrogen-bond acceptors (Lipinski definition) is 5. The van der Waals surface area contributed by atoms with Gasteiger partial charge in [0.2, 0.25) is 0 Å². The van der Waals surface area contributed by atoms with E-state index in [1.165, 1.54) is 10.6 Å². The molecule has 23 heavy (non-hydrogen) atoms. The summed E-state index contributed by atoms with van der Waals surface area (Å²) in [4.78, 5) is 17.2. The molecule has 7 nitrogen and oxygen atoms in total. The quantitative estimate of drug-likeness (QED) is 0.443. The Morgan fingerprint density at radius 2 is 2.22 bits per heavy atom. The number of fused-ring (bicyclic) bond motifs is 3. The molecule has 0 aliphatic rings. The highest BCUT2D eigenvalue weighted by Gasteiger charge is 2.15. The number of pyridine rings is 1. The van der Waals surface area contributed by atoms with Crippen molar-refractivity contribution in [1.29, 1.82) is 5.26 Å². The lowest BCUT2D eigenvalue weighted by molar-refractivity contribution is 0.861. The summed E-state index contributed by atoms with van der Waals surface area (Å²) in [6, 6.07) is 9.36. The molecule has 0 saturated heterocycles. The molecule has 0 saturated carbocycles. The first-order chi connectivity index (χ1) is 11.0. The Bertz CT molecular complexity index is 1100. The average molecular weight is 324 g/mol. The van der Waals surface area contributed by atoms with Crippen molar-refractivity contribution in [3.05, 3.63) is 51.0 Å². The van der Waals surface area contributed by atoms with Crippen LogP contribution in [0.15, 0.2) is 29.1 Å². The van der Waals surface area contributed by atoms with Gasteiger partial charge >= 0.3 is 0 Å². The van der Waals surface area contributed by atoms with E-state index in [9.17, 15) is 10.1 Å². The molecule has 0 spiro atoms. The van der Waals surface area contributed by atoms with Gasteiger partial charge in [0.25, 0.3) is 5.56 Å². The summed E-state index contributed by atoms with van der Waals surface area (Å²) in [5.74, 6) is 0. The largest absolute Gasteiger partial charge is 0.375 e. The van der Waals surface area contributed by atoms with Gasteiger partial charge in [0.15, 0.2) is 10.8 Å². The fourth-order valence-electron chi connectivity index (χ4n) is 2.47. The Labute approximate surface area is 136 Å². The Morgan fingerprint density at radius 3 is 2.91 bits per heavy atom. The lowest BCUT2D eigenvalue weighted by Gasteiger charge is -2.04. The van der Waals surface area contributed by atoms with Crippen LogP contribution in [-0.4, -0.2) is 14.5 Å². The second kappa shape index (κ2) is 5.55. The molecule has 0 bridgehead atoms. The fraction of sp³-hybridized carbons (Fsp3) is 0.0667. The molecule has 0 aliphatic carbocycles. The first-order valence-corrected chi connectivity index (χ1v) is 7.10. The van der Waals surface area contributed by atoms with Crippen molar-refractivity contribution in [2.24, 2.45) is 5.73 Å². The molecule has 0 radical (unpaired) electrons. The van der Waals surface area contributed by atoms with E-state index in [0.29, 0.717) is 33.0 Å². The summed E-state index contributed by atoms with van der Waals surface area (Å²) in [5, 5.41) is 9.85. The molecule has 8 heteroatoms. The van der Waals surface area contributed by atoms with E-state index in [1.807, 2.05) is 12.1 Å². The topological polar surface area (TPSA) is 108 Å². The smallest absolute Gasteiger partial charge is 0.265 e. The number of benzene rings is 1. The lowest BCUT2D eigenvalue weighted by atomic mass is 10.1. The van der Waals surface area contributed by atoms with Gasteiger partial charge in [0.1, 0.15) is 6.07 Å². The molecule has 0 fully saturated rings. The van der Waals surface area contributed by atoms with E-state index in [2.05, 4.69) is 21.9 Å². The molecule has 0 atom stereocenters. The van der Waals surface area contributed by atoms with E-state index in [1.54, 1.807) is 19.1 Å². The van der Waals surface area contributed by atoms with Crippen LogP contribution in [-0.2, 0) is 0 Å².